The van der Waals surface area contributed by atoms with Crippen LogP contribution in [0.15, 0.2) is 67.3 Å². The Morgan fingerprint density at radius 2 is 0.785 bits per heavy atom. The summed E-state index contributed by atoms with van der Waals surface area (Å²) in [6.07, 6.45) is 72.3. The summed E-state index contributed by atoms with van der Waals surface area (Å²) >= 11 is 0. The molecule has 0 amide bonds. The molecule has 1 rings (SSSR count). The van der Waals surface area contributed by atoms with E-state index in [1.165, 1.54) is 250 Å². The van der Waals surface area contributed by atoms with E-state index in [1.807, 2.05) is 24.3 Å². The SMILES string of the molecule is C=C/C=C\C(Oc1cc(O)cc(CCCCCCCCCCCCCCCCCCC/C=C\CCCCCCCC)c1)C(O)CCCCCCCCCCC/C=C\CCCCCCCC. The lowest BCUT2D eigenvalue weighted by Crippen LogP contribution is -2.30. The second kappa shape index (κ2) is 49.6. The van der Waals surface area contributed by atoms with Crippen LogP contribution in [-0.4, -0.2) is 22.4 Å². The molecule has 0 bridgehead atoms. The van der Waals surface area contributed by atoms with Crippen molar-refractivity contribution < 1.29 is 14.9 Å². The summed E-state index contributed by atoms with van der Waals surface area (Å²) in [6.45, 7) is 8.40. The largest absolute Gasteiger partial charge is 0.508 e. The van der Waals surface area contributed by atoms with Crippen molar-refractivity contribution in [3.05, 3.63) is 72.9 Å². The number of aliphatic hydroxyl groups is 1. The number of aromatic hydroxyl groups is 1. The van der Waals surface area contributed by atoms with Gasteiger partial charge >= 0.3 is 0 Å². The molecular weight excluding hydrogens is 793 g/mol. The van der Waals surface area contributed by atoms with Crippen LogP contribution in [0.25, 0.3) is 0 Å². The summed E-state index contributed by atoms with van der Waals surface area (Å²) in [7, 11) is 0. The average Bonchev–Trinajstić information content (AvgIpc) is 3.30. The molecule has 376 valence electrons. The van der Waals surface area contributed by atoms with Crippen LogP contribution < -0.4 is 4.74 Å². The number of allylic oxidation sites excluding steroid dienone is 6. The van der Waals surface area contributed by atoms with Gasteiger partial charge in [-0.2, -0.15) is 0 Å². The second-order valence-electron chi connectivity index (χ2n) is 20.0. The minimum absolute atomic E-state index is 0.233. The van der Waals surface area contributed by atoms with E-state index >= 15 is 0 Å². The molecule has 0 aliphatic rings. The van der Waals surface area contributed by atoms with E-state index in [0.717, 1.165) is 31.2 Å². The molecule has 3 heteroatoms. The molecule has 0 radical (unpaired) electrons. The highest BCUT2D eigenvalue weighted by atomic mass is 16.5. The number of phenols is 1. The molecule has 0 spiro atoms. The van der Waals surface area contributed by atoms with Gasteiger partial charge in [-0.25, -0.2) is 0 Å². The summed E-state index contributed by atoms with van der Waals surface area (Å²) in [5.41, 5.74) is 1.11. The highest BCUT2D eigenvalue weighted by Gasteiger charge is 2.19. The van der Waals surface area contributed by atoms with Gasteiger partial charge in [0.2, 0.25) is 0 Å². The predicted molar refractivity (Wildman–Crippen MR) is 290 cm³/mol. The van der Waals surface area contributed by atoms with Crippen molar-refractivity contribution >= 4 is 0 Å². The maximum atomic E-state index is 11.1. The maximum Gasteiger partial charge on any atom is 0.143 e. The number of hydrogen-bond donors (Lipinski definition) is 2. The van der Waals surface area contributed by atoms with Gasteiger partial charge < -0.3 is 14.9 Å². The van der Waals surface area contributed by atoms with E-state index < -0.39 is 12.2 Å². The van der Waals surface area contributed by atoms with Crippen LogP contribution in [0.5, 0.6) is 11.5 Å². The van der Waals surface area contributed by atoms with Crippen molar-refractivity contribution in [3.8, 4) is 11.5 Å². The summed E-state index contributed by atoms with van der Waals surface area (Å²) in [4.78, 5) is 0. The van der Waals surface area contributed by atoms with E-state index in [9.17, 15) is 10.2 Å². The fourth-order valence-corrected chi connectivity index (χ4v) is 9.26. The zero-order valence-electron chi connectivity index (χ0n) is 43.6. The molecule has 2 N–H and O–H groups in total. The van der Waals surface area contributed by atoms with Gasteiger partial charge in [0, 0.05) is 6.07 Å². The van der Waals surface area contributed by atoms with Crippen LogP contribution in [0.1, 0.15) is 296 Å². The van der Waals surface area contributed by atoms with Crippen molar-refractivity contribution in [2.24, 2.45) is 0 Å². The van der Waals surface area contributed by atoms with Crippen LogP contribution in [0.4, 0.5) is 0 Å². The van der Waals surface area contributed by atoms with Crippen LogP contribution in [-0.2, 0) is 6.42 Å². The number of aryl methyl sites for hydroxylation is 1. The topological polar surface area (TPSA) is 49.7 Å². The normalized spacial score (nSPS) is 12.9. The lowest BCUT2D eigenvalue weighted by atomic mass is 10.0. The first-order chi connectivity index (χ1) is 32.1. The maximum absolute atomic E-state index is 11.1. The number of aliphatic hydroxyl groups excluding tert-OH is 1. The molecule has 0 fully saturated rings. The van der Waals surface area contributed by atoms with Crippen LogP contribution in [0.2, 0.25) is 0 Å². The van der Waals surface area contributed by atoms with E-state index in [1.54, 1.807) is 12.1 Å². The molecule has 0 heterocycles. The van der Waals surface area contributed by atoms with Crippen molar-refractivity contribution in [1.29, 1.82) is 0 Å². The molecule has 2 unspecified atom stereocenters. The number of rotatable bonds is 51. The number of ether oxygens (including phenoxy) is 1. The Morgan fingerprint density at radius 1 is 0.446 bits per heavy atom. The standard InChI is InChI=1S/C62H110O3/c1-4-7-10-12-14-16-18-20-22-24-26-27-28-29-30-31-32-33-35-36-38-40-42-44-46-48-50-52-58-55-59(63)57-60(56-58)65-62(54-9-6-3)61(64)53-51-49-47-45-43-41-39-37-34-25-23-21-19-17-15-13-11-8-5-2/h6,9,20-23,54-57,61-64H,3-5,7-8,10-19,24-53H2,1-2H3/b22-20-,23-21-,54-9-. The van der Waals surface area contributed by atoms with Crippen LogP contribution in [0.3, 0.4) is 0 Å². The molecule has 65 heavy (non-hydrogen) atoms. The van der Waals surface area contributed by atoms with E-state index in [0.29, 0.717) is 12.2 Å². The number of benzene rings is 1. The summed E-state index contributed by atoms with van der Waals surface area (Å²) in [6, 6.07) is 5.60. The number of hydrogen-bond acceptors (Lipinski definition) is 3. The minimum Gasteiger partial charge on any atom is -0.508 e. The lowest BCUT2D eigenvalue weighted by molar-refractivity contribution is 0.0557. The number of unbranched alkanes of at least 4 members (excludes halogenated alkanes) is 38. The van der Waals surface area contributed by atoms with Crippen molar-refractivity contribution in [3.63, 3.8) is 0 Å². The van der Waals surface area contributed by atoms with Gasteiger partial charge in [-0.3, -0.25) is 0 Å². The quantitative estimate of drug-likeness (QED) is 0.0389. The van der Waals surface area contributed by atoms with Gasteiger partial charge in [0.05, 0.1) is 6.10 Å². The van der Waals surface area contributed by atoms with Gasteiger partial charge in [-0.1, -0.05) is 269 Å². The highest BCUT2D eigenvalue weighted by molar-refractivity contribution is 5.38. The van der Waals surface area contributed by atoms with Gasteiger partial charge in [0.1, 0.15) is 17.6 Å². The zero-order valence-corrected chi connectivity index (χ0v) is 43.6. The first-order valence-corrected chi connectivity index (χ1v) is 28.9. The summed E-state index contributed by atoms with van der Waals surface area (Å²) < 4.78 is 6.30. The Kier molecular flexibility index (Phi) is 46.4. The average molecular weight is 904 g/mol. The van der Waals surface area contributed by atoms with Gasteiger partial charge in [0.15, 0.2) is 0 Å². The third-order valence-electron chi connectivity index (χ3n) is 13.5. The Hall–Kier alpha value is -2.26. The lowest BCUT2D eigenvalue weighted by Gasteiger charge is -2.22. The van der Waals surface area contributed by atoms with E-state index in [4.69, 9.17) is 4.74 Å². The number of phenolic OH excluding ortho intramolecular Hbond substituents is 1. The molecule has 3 nitrogen and oxygen atoms in total. The first-order valence-electron chi connectivity index (χ1n) is 28.9. The molecule has 0 aromatic heterocycles. The molecule has 0 saturated heterocycles. The molecule has 1 aromatic rings. The summed E-state index contributed by atoms with van der Waals surface area (Å²) in [5.74, 6) is 0.863. The third-order valence-corrected chi connectivity index (χ3v) is 13.5. The minimum atomic E-state index is -0.594. The van der Waals surface area contributed by atoms with Gasteiger partial charge in [-0.05, 0) is 94.4 Å². The Bertz CT molecular complexity index is 1210. The van der Waals surface area contributed by atoms with Gasteiger partial charge in [-0.15, -0.1) is 0 Å². The smallest absolute Gasteiger partial charge is 0.143 e. The third kappa shape index (κ3) is 42.8. The molecule has 2 atom stereocenters. The first kappa shape index (κ1) is 60.8. The summed E-state index contributed by atoms with van der Waals surface area (Å²) in [5, 5.41) is 21.6. The Labute approximate surface area is 406 Å². The molecule has 1 aromatic carbocycles. The monoisotopic (exact) mass is 903 g/mol. The second-order valence-corrected chi connectivity index (χ2v) is 20.0. The molecule has 0 aliphatic carbocycles. The highest BCUT2D eigenvalue weighted by Crippen LogP contribution is 2.26. The predicted octanol–water partition coefficient (Wildman–Crippen LogP) is 20.7. The molecular formula is C62H110O3. The van der Waals surface area contributed by atoms with Crippen LogP contribution in [0, 0.1) is 0 Å². The molecule has 0 saturated carbocycles. The van der Waals surface area contributed by atoms with Crippen molar-refractivity contribution in [2.45, 2.75) is 309 Å². The van der Waals surface area contributed by atoms with Crippen LogP contribution >= 0.6 is 0 Å². The van der Waals surface area contributed by atoms with Crippen molar-refractivity contribution in [2.75, 3.05) is 0 Å². The molecule has 0 aliphatic heterocycles. The van der Waals surface area contributed by atoms with E-state index in [2.05, 4.69) is 44.7 Å². The van der Waals surface area contributed by atoms with Gasteiger partial charge in [0.25, 0.3) is 0 Å². The zero-order chi connectivity index (χ0) is 46.8. The fraction of sp³-hybridized carbons (Fsp3) is 0.774. The fourth-order valence-electron chi connectivity index (χ4n) is 9.26. The van der Waals surface area contributed by atoms with Crippen molar-refractivity contribution in [1.82, 2.24) is 0 Å². The van der Waals surface area contributed by atoms with E-state index in [-0.39, 0.29) is 5.75 Å². The Morgan fingerprint density at radius 3 is 1.15 bits per heavy atom. The Balaban J connectivity index is 2.04.